The molecule has 9 heteroatoms. The van der Waals surface area contributed by atoms with Crippen molar-refractivity contribution in [3.8, 4) is 0 Å². The van der Waals surface area contributed by atoms with E-state index in [-0.39, 0.29) is 11.7 Å². The summed E-state index contributed by atoms with van der Waals surface area (Å²) in [6, 6.07) is 10.0. The second-order valence-corrected chi connectivity index (χ2v) is 7.99. The molecule has 1 amide bonds. The second-order valence-electron chi connectivity index (χ2n) is 6.88. The molecule has 142 valence electrons. The molecule has 0 spiro atoms. The molecular weight excluding hydrogens is 374 g/mol. The standard InChI is InChI=1S/C19H19N7OS/c1-13-6-7-20-19-22-17(23-26(13)19)18(27)25-10-8-24(9-11-25)12-16-21-14-4-2-3-5-15(14)28-16/h2-7H,8-12H2,1H3. The van der Waals surface area contributed by atoms with Gasteiger partial charge in [0, 0.05) is 38.1 Å². The van der Waals surface area contributed by atoms with Gasteiger partial charge in [0.2, 0.25) is 5.82 Å². The van der Waals surface area contributed by atoms with Crippen molar-refractivity contribution in [3.05, 3.63) is 53.1 Å². The van der Waals surface area contributed by atoms with Crippen molar-refractivity contribution >= 4 is 33.2 Å². The molecule has 0 unspecified atom stereocenters. The van der Waals surface area contributed by atoms with Crippen molar-refractivity contribution in [2.75, 3.05) is 26.2 Å². The van der Waals surface area contributed by atoms with E-state index in [0.717, 1.165) is 35.9 Å². The van der Waals surface area contributed by atoms with Crippen LogP contribution in [0.1, 0.15) is 21.3 Å². The van der Waals surface area contributed by atoms with E-state index in [1.165, 1.54) is 4.70 Å². The highest BCUT2D eigenvalue weighted by atomic mass is 32.1. The number of amides is 1. The Bertz CT molecular complexity index is 1130. The van der Waals surface area contributed by atoms with Gasteiger partial charge in [-0.05, 0) is 25.1 Å². The van der Waals surface area contributed by atoms with E-state index in [1.807, 2.05) is 36.1 Å². The molecule has 28 heavy (non-hydrogen) atoms. The average molecular weight is 393 g/mol. The van der Waals surface area contributed by atoms with Crippen LogP contribution in [0.25, 0.3) is 16.0 Å². The van der Waals surface area contributed by atoms with Gasteiger partial charge in [0.1, 0.15) is 5.01 Å². The monoisotopic (exact) mass is 393 g/mol. The molecule has 0 N–H and O–H groups in total. The molecular formula is C19H19N7OS. The van der Waals surface area contributed by atoms with Gasteiger partial charge in [0.25, 0.3) is 11.7 Å². The Hall–Kier alpha value is -2.91. The van der Waals surface area contributed by atoms with Crippen LogP contribution in [0.4, 0.5) is 0 Å². The fraction of sp³-hybridized carbons (Fsp3) is 0.316. The highest BCUT2D eigenvalue weighted by Gasteiger charge is 2.26. The van der Waals surface area contributed by atoms with Gasteiger partial charge >= 0.3 is 0 Å². The van der Waals surface area contributed by atoms with Gasteiger partial charge in [0.05, 0.1) is 16.8 Å². The molecule has 5 rings (SSSR count). The number of thiazole rings is 1. The molecule has 1 fully saturated rings. The van der Waals surface area contributed by atoms with Gasteiger partial charge in [-0.15, -0.1) is 16.4 Å². The first-order chi connectivity index (χ1) is 13.7. The largest absolute Gasteiger partial charge is 0.333 e. The molecule has 3 aromatic heterocycles. The lowest BCUT2D eigenvalue weighted by molar-refractivity contribution is 0.0617. The molecule has 0 aliphatic carbocycles. The third kappa shape index (κ3) is 3.12. The number of hydrogen-bond donors (Lipinski definition) is 0. The van der Waals surface area contributed by atoms with E-state index >= 15 is 0 Å². The highest BCUT2D eigenvalue weighted by molar-refractivity contribution is 7.18. The fourth-order valence-electron chi connectivity index (χ4n) is 3.43. The summed E-state index contributed by atoms with van der Waals surface area (Å²) in [6.45, 7) is 5.67. The number of piperazine rings is 1. The number of hydrogen-bond acceptors (Lipinski definition) is 7. The third-order valence-electron chi connectivity index (χ3n) is 4.98. The lowest BCUT2D eigenvalue weighted by atomic mass is 10.3. The number of carbonyl (C=O) groups is 1. The van der Waals surface area contributed by atoms with Crippen molar-refractivity contribution in [3.63, 3.8) is 0 Å². The fourth-order valence-corrected chi connectivity index (χ4v) is 4.44. The van der Waals surface area contributed by atoms with Crippen molar-refractivity contribution in [1.82, 2.24) is 34.4 Å². The van der Waals surface area contributed by atoms with E-state index in [9.17, 15) is 4.79 Å². The van der Waals surface area contributed by atoms with Crippen LogP contribution in [0.3, 0.4) is 0 Å². The van der Waals surface area contributed by atoms with Crippen LogP contribution < -0.4 is 0 Å². The van der Waals surface area contributed by atoms with Crippen molar-refractivity contribution in [2.45, 2.75) is 13.5 Å². The minimum atomic E-state index is -0.135. The van der Waals surface area contributed by atoms with Crippen LogP contribution in [-0.2, 0) is 6.54 Å². The summed E-state index contributed by atoms with van der Waals surface area (Å²) in [5.41, 5.74) is 1.95. The van der Waals surface area contributed by atoms with Crippen LogP contribution in [0.15, 0.2) is 36.5 Å². The van der Waals surface area contributed by atoms with Gasteiger partial charge in [0.15, 0.2) is 0 Å². The molecule has 1 aliphatic heterocycles. The van der Waals surface area contributed by atoms with Gasteiger partial charge in [-0.1, -0.05) is 12.1 Å². The minimum Gasteiger partial charge on any atom is -0.333 e. The Morgan fingerprint density at radius 3 is 2.71 bits per heavy atom. The molecule has 0 saturated carbocycles. The first-order valence-electron chi connectivity index (χ1n) is 9.22. The Morgan fingerprint density at radius 2 is 1.93 bits per heavy atom. The molecule has 1 aliphatic rings. The Morgan fingerprint density at radius 1 is 1.11 bits per heavy atom. The zero-order valence-corrected chi connectivity index (χ0v) is 16.3. The molecule has 1 aromatic carbocycles. The predicted octanol–water partition coefficient (Wildman–Crippen LogP) is 2.00. The van der Waals surface area contributed by atoms with E-state index < -0.39 is 0 Å². The first-order valence-corrected chi connectivity index (χ1v) is 10.0. The maximum absolute atomic E-state index is 12.8. The molecule has 1 saturated heterocycles. The molecule has 0 atom stereocenters. The summed E-state index contributed by atoms with van der Waals surface area (Å²) in [5, 5.41) is 5.44. The molecule has 8 nitrogen and oxygen atoms in total. The molecule has 0 radical (unpaired) electrons. The van der Waals surface area contributed by atoms with Gasteiger partial charge in [-0.25, -0.2) is 14.5 Å². The maximum Gasteiger partial charge on any atom is 0.293 e. The SMILES string of the molecule is Cc1ccnc2nc(C(=O)N3CCN(Cc4nc5ccccc5s4)CC3)nn12. The normalized spacial score (nSPS) is 15.5. The summed E-state index contributed by atoms with van der Waals surface area (Å²) >= 11 is 1.74. The smallest absolute Gasteiger partial charge is 0.293 e. The lowest BCUT2D eigenvalue weighted by Gasteiger charge is -2.33. The highest BCUT2D eigenvalue weighted by Crippen LogP contribution is 2.23. The minimum absolute atomic E-state index is 0.135. The van der Waals surface area contributed by atoms with Crippen LogP contribution >= 0.6 is 11.3 Å². The lowest BCUT2D eigenvalue weighted by Crippen LogP contribution is -2.48. The van der Waals surface area contributed by atoms with E-state index in [2.05, 4.69) is 26.0 Å². The van der Waals surface area contributed by atoms with E-state index in [4.69, 9.17) is 4.98 Å². The van der Waals surface area contributed by atoms with Crippen LogP contribution in [0.2, 0.25) is 0 Å². The summed E-state index contributed by atoms with van der Waals surface area (Å²) < 4.78 is 2.82. The molecule has 4 heterocycles. The van der Waals surface area contributed by atoms with Crippen LogP contribution in [0, 0.1) is 6.92 Å². The quantitative estimate of drug-likeness (QED) is 0.530. The first kappa shape index (κ1) is 17.2. The zero-order valence-electron chi connectivity index (χ0n) is 15.4. The van der Waals surface area contributed by atoms with Gasteiger partial charge in [-0.3, -0.25) is 9.69 Å². The molecule has 0 bridgehead atoms. The van der Waals surface area contributed by atoms with Gasteiger partial charge < -0.3 is 4.90 Å². The van der Waals surface area contributed by atoms with E-state index in [0.29, 0.717) is 18.9 Å². The van der Waals surface area contributed by atoms with Crippen molar-refractivity contribution < 1.29 is 4.79 Å². The maximum atomic E-state index is 12.8. The van der Waals surface area contributed by atoms with Crippen LogP contribution in [0.5, 0.6) is 0 Å². The number of aryl methyl sites for hydroxylation is 1. The predicted molar refractivity (Wildman–Crippen MR) is 106 cm³/mol. The number of rotatable bonds is 3. The number of fused-ring (bicyclic) bond motifs is 2. The number of carbonyl (C=O) groups excluding carboxylic acids is 1. The second kappa shape index (κ2) is 6.92. The average Bonchev–Trinajstić information content (AvgIpc) is 3.32. The van der Waals surface area contributed by atoms with Crippen LogP contribution in [-0.4, -0.2) is 66.5 Å². The van der Waals surface area contributed by atoms with E-state index in [1.54, 1.807) is 22.0 Å². The number of aromatic nitrogens is 5. The molecule has 4 aromatic rings. The number of para-hydroxylation sites is 1. The summed E-state index contributed by atoms with van der Waals surface area (Å²) in [7, 11) is 0. The zero-order chi connectivity index (χ0) is 19.1. The summed E-state index contributed by atoms with van der Waals surface area (Å²) in [4.78, 5) is 30.1. The number of benzene rings is 1. The van der Waals surface area contributed by atoms with Gasteiger partial charge in [-0.2, -0.15) is 4.98 Å². The third-order valence-corrected chi connectivity index (χ3v) is 6.00. The summed E-state index contributed by atoms with van der Waals surface area (Å²) in [6.07, 6.45) is 1.68. The van der Waals surface area contributed by atoms with Crippen molar-refractivity contribution in [2.24, 2.45) is 0 Å². The topological polar surface area (TPSA) is 79.5 Å². The Labute approximate surface area is 165 Å². The van der Waals surface area contributed by atoms with Crippen molar-refractivity contribution in [1.29, 1.82) is 0 Å². The Kier molecular flexibility index (Phi) is 4.25. The Balaban J connectivity index is 1.24. The number of nitrogens with zero attached hydrogens (tertiary/aromatic N) is 7. The summed E-state index contributed by atoms with van der Waals surface area (Å²) in [5.74, 6) is 0.531.